The van der Waals surface area contributed by atoms with Gasteiger partial charge in [0.2, 0.25) is 11.7 Å². The summed E-state index contributed by atoms with van der Waals surface area (Å²) in [5.41, 5.74) is 0.755. The van der Waals surface area contributed by atoms with Gasteiger partial charge in [0.1, 0.15) is 0 Å². The van der Waals surface area contributed by atoms with Crippen LogP contribution in [-0.2, 0) is 0 Å². The van der Waals surface area contributed by atoms with Crippen molar-refractivity contribution in [2.45, 2.75) is 25.3 Å². The fourth-order valence-corrected chi connectivity index (χ4v) is 2.37. The van der Waals surface area contributed by atoms with Crippen LogP contribution in [0.1, 0.15) is 31.2 Å². The van der Waals surface area contributed by atoms with Gasteiger partial charge in [-0.15, -0.1) is 0 Å². The van der Waals surface area contributed by atoms with E-state index in [1.807, 2.05) is 0 Å². The topological polar surface area (TPSA) is 80.4 Å². The number of hydrogen-bond acceptors (Lipinski definition) is 6. The minimum atomic E-state index is 0.0916. The summed E-state index contributed by atoms with van der Waals surface area (Å²) in [6, 6.07) is 5.13. The highest BCUT2D eigenvalue weighted by Crippen LogP contribution is 2.31. The summed E-state index contributed by atoms with van der Waals surface area (Å²) < 4.78 is 10.4. The van der Waals surface area contributed by atoms with E-state index in [0.717, 1.165) is 18.5 Å². The van der Waals surface area contributed by atoms with Crippen LogP contribution in [0.4, 0.5) is 0 Å². The minimum absolute atomic E-state index is 0.0916. The van der Waals surface area contributed by atoms with Gasteiger partial charge < -0.3 is 19.7 Å². The van der Waals surface area contributed by atoms with Crippen molar-refractivity contribution in [1.29, 1.82) is 0 Å². The molecule has 6 heteroatoms. The number of aromatic nitrogens is 2. The lowest BCUT2D eigenvalue weighted by atomic mass is 10.1. The Labute approximate surface area is 116 Å². The molecule has 1 fully saturated rings. The molecule has 0 radical (unpaired) electrons. The second-order valence-corrected chi connectivity index (χ2v) is 4.85. The van der Waals surface area contributed by atoms with E-state index in [1.54, 1.807) is 18.2 Å². The third-order valence-electron chi connectivity index (χ3n) is 3.49. The minimum Gasteiger partial charge on any atom is -0.504 e. The van der Waals surface area contributed by atoms with Crippen LogP contribution in [0.5, 0.6) is 11.5 Å². The fraction of sp³-hybridized carbons (Fsp3) is 0.429. The van der Waals surface area contributed by atoms with E-state index in [2.05, 4.69) is 15.5 Å². The van der Waals surface area contributed by atoms with E-state index in [9.17, 15) is 5.11 Å². The standard InChI is InChI=1S/C14H17N3O3/c1-19-12-8-9(5-6-11(12)18)13-16-14(20-17-13)10-4-2-3-7-15-10/h5-6,8,10,15,18H,2-4,7H2,1H3/t10-/m1/s1. The van der Waals surface area contributed by atoms with Crippen LogP contribution in [0.3, 0.4) is 0 Å². The summed E-state index contributed by atoms with van der Waals surface area (Å²) in [5.74, 6) is 1.61. The van der Waals surface area contributed by atoms with Gasteiger partial charge in [-0.25, -0.2) is 0 Å². The molecule has 6 nitrogen and oxygen atoms in total. The van der Waals surface area contributed by atoms with Gasteiger partial charge >= 0.3 is 0 Å². The average molecular weight is 275 g/mol. The smallest absolute Gasteiger partial charge is 0.244 e. The maximum Gasteiger partial charge on any atom is 0.244 e. The molecule has 2 N–H and O–H groups in total. The van der Waals surface area contributed by atoms with Gasteiger partial charge in [0.05, 0.1) is 13.2 Å². The van der Waals surface area contributed by atoms with Crippen LogP contribution < -0.4 is 10.1 Å². The van der Waals surface area contributed by atoms with Crippen LogP contribution in [0.2, 0.25) is 0 Å². The van der Waals surface area contributed by atoms with Crippen molar-refractivity contribution in [2.75, 3.05) is 13.7 Å². The lowest BCUT2D eigenvalue weighted by molar-refractivity contribution is 0.297. The Morgan fingerprint density at radius 1 is 1.40 bits per heavy atom. The van der Waals surface area contributed by atoms with E-state index < -0.39 is 0 Å². The van der Waals surface area contributed by atoms with Crippen molar-refractivity contribution in [2.24, 2.45) is 0 Å². The second-order valence-electron chi connectivity index (χ2n) is 4.85. The molecule has 0 aliphatic carbocycles. The quantitative estimate of drug-likeness (QED) is 0.894. The third kappa shape index (κ3) is 2.46. The van der Waals surface area contributed by atoms with Crippen molar-refractivity contribution in [3.63, 3.8) is 0 Å². The molecule has 20 heavy (non-hydrogen) atoms. The van der Waals surface area contributed by atoms with Gasteiger partial charge in [-0.1, -0.05) is 11.6 Å². The number of ether oxygens (including phenoxy) is 1. The number of aromatic hydroxyl groups is 1. The molecule has 1 atom stereocenters. The number of phenols is 1. The van der Waals surface area contributed by atoms with Gasteiger partial charge in [-0.05, 0) is 37.6 Å². The highest BCUT2D eigenvalue weighted by Gasteiger charge is 2.21. The number of rotatable bonds is 3. The van der Waals surface area contributed by atoms with Gasteiger partial charge in [0.15, 0.2) is 11.5 Å². The predicted molar refractivity (Wildman–Crippen MR) is 72.5 cm³/mol. The van der Waals surface area contributed by atoms with E-state index in [0.29, 0.717) is 17.5 Å². The summed E-state index contributed by atoms with van der Waals surface area (Å²) in [5, 5.41) is 17.0. The largest absolute Gasteiger partial charge is 0.504 e. The van der Waals surface area contributed by atoms with Gasteiger partial charge in [0, 0.05) is 5.56 Å². The highest BCUT2D eigenvalue weighted by atomic mass is 16.5. The van der Waals surface area contributed by atoms with Crippen molar-refractivity contribution >= 4 is 0 Å². The fourth-order valence-electron chi connectivity index (χ4n) is 2.37. The van der Waals surface area contributed by atoms with Crippen molar-refractivity contribution < 1.29 is 14.4 Å². The molecule has 1 aliphatic rings. The molecular weight excluding hydrogens is 258 g/mol. The average Bonchev–Trinajstić information content (AvgIpc) is 2.98. The van der Waals surface area contributed by atoms with Crippen LogP contribution in [0.25, 0.3) is 11.4 Å². The normalized spacial score (nSPS) is 18.9. The Balaban J connectivity index is 1.85. The maximum absolute atomic E-state index is 9.59. The number of methoxy groups -OCH3 is 1. The summed E-state index contributed by atoms with van der Waals surface area (Å²) in [6.07, 6.45) is 3.37. The Bertz CT molecular complexity index is 591. The summed E-state index contributed by atoms with van der Waals surface area (Å²) in [7, 11) is 1.51. The summed E-state index contributed by atoms with van der Waals surface area (Å²) >= 11 is 0. The molecule has 1 aromatic carbocycles. The SMILES string of the molecule is COc1cc(-c2noc([C@H]3CCCCN3)n2)ccc1O. The molecule has 2 aromatic rings. The predicted octanol–water partition coefficient (Wildman–Crippen LogP) is 2.27. The molecule has 1 aromatic heterocycles. The second kappa shape index (κ2) is 5.50. The molecule has 0 bridgehead atoms. The number of benzene rings is 1. The molecular formula is C14H17N3O3. The first-order valence-electron chi connectivity index (χ1n) is 6.72. The molecule has 0 saturated carbocycles. The highest BCUT2D eigenvalue weighted by molar-refractivity contribution is 5.60. The molecule has 1 aliphatic heterocycles. The zero-order valence-corrected chi connectivity index (χ0v) is 11.3. The van der Waals surface area contributed by atoms with E-state index in [1.165, 1.54) is 20.0 Å². The maximum atomic E-state index is 9.59. The number of phenolic OH excluding ortho intramolecular Hbond substituents is 1. The van der Waals surface area contributed by atoms with Crippen molar-refractivity contribution in [1.82, 2.24) is 15.5 Å². The van der Waals surface area contributed by atoms with Crippen molar-refractivity contribution in [3.8, 4) is 22.9 Å². The summed E-state index contributed by atoms with van der Waals surface area (Å²) in [4.78, 5) is 4.43. The molecule has 1 saturated heterocycles. The first-order valence-corrected chi connectivity index (χ1v) is 6.72. The molecule has 106 valence electrons. The molecule has 2 heterocycles. The molecule has 3 rings (SSSR count). The lowest BCUT2D eigenvalue weighted by Crippen LogP contribution is -2.26. The summed E-state index contributed by atoms with van der Waals surface area (Å²) in [6.45, 7) is 0.982. The lowest BCUT2D eigenvalue weighted by Gasteiger charge is -2.19. The van der Waals surface area contributed by atoms with Gasteiger partial charge in [-0.2, -0.15) is 4.98 Å². The Kier molecular flexibility index (Phi) is 3.56. The van der Waals surface area contributed by atoms with Crippen LogP contribution in [0, 0.1) is 0 Å². The first kappa shape index (κ1) is 12.9. The van der Waals surface area contributed by atoms with E-state index in [-0.39, 0.29) is 11.8 Å². The van der Waals surface area contributed by atoms with Gasteiger partial charge in [-0.3, -0.25) is 0 Å². The number of nitrogens with one attached hydrogen (secondary N) is 1. The zero-order valence-electron chi connectivity index (χ0n) is 11.3. The molecule has 0 spiro atoms. The molecule has 0 amide bonds. The Morgan fingerprint density at radius 3 is 3.05 bits per heavy atom. The van der Waals surface area contributed by atoms with E-state index >= 15 is 0 Å². The van der Waals surface area contributed by atoms with Gasteiger partial charge in [0.25, 0.3) is 0 Å². The molecule has 0 unspecified atom stereocenters. The Morgan fingerprint density at radius 2 is 2.30 bits per heavy atom. The first-order chi connectivity index (χ1) is 9.78. The van der Waals surface area contributed by atoms with Crippen LogP contribution >= 0.6 is 0 Å². The van der Waals surface area contributed by atoms with Crippen molar-refractivity contribution in [3.05, 3.63) is 24.1 Å². The third-order valence-corrected chi connectivity index (χ3v) is 3.49. The van der Waals surface area contributed by atoms with E-state index in [4.69, 9.17) is 9.26 Å². The number of piperidine rings is 1. The monoisotopic (exact) mass is 275 g/mol. The van der Waals surface area contributed by atoms with Crippen LogP contribution in [-0.4, -0.2) is 28.9 Å². The van der Waals surface area contributed by atoms with Crippen LogP contribution in [0.15, 0.2) is 22.7 Å². The zero-order chi connectivity index (χ0) is 13.9. The number of hydrogen-bond donors (Lipinski definition) is 2. The Hall–Kier alpha value is -2.08. The number of nitrogens with zero attached hydrogens (tertiary/aromatic N) is 2.